The first-order valence-electron chi connectivity index (χ1n) is 7.45. The van der Waals surface area contributed by atoms with E-state index in [9.17, 15) is 9.59 Å². The molecule has 2 atom stereocenters. The van der Waals surface area contributed by atoms with Crippen molar-refractivity contribution < 1.29 is 14.7 Å². The molecule has 0 aromatic carbocycles. The third-order valence-corrected chi connectivity index (χ3v) is 4.09. The van der Waals surface area contributed by atoms with Crippen molar-refractivity contribution in [1.82, 2.24) is 5.32 Å². The SMILES string of the molecule is CC(CC1CCCCC1)C(=O)N[C@H](C(=O)O)C(C)C. The first-order chi connectivity index (χ1) is 8.91. The fraction of sp³-hybridized carbons (Fsp3) is 0.867. The Morgan fingerprint density at radius 3 is 2.21 bits per heavy atom. The summed E-state index contributed by atoms with van der Waals surface area (Å²) >= 11 is 0. The maximum Gasteiger partial charge on any atom is 0.326 e. The van der Waals surface area contributed by atoms with Crippen molar-refractivity contribution in [2.24, 2.45) is 17.8 Å². The van der Waals surface area contributed by atoms with Crippen LogP contribution in [0.25, 0.3) is 0 Å². The molecule has 19 heavy (non-hydrogen) atoms. The highest BCUT2D eigenvalue weighted by Crippen LogP contribution is 2.29. The van der Waals surface area contributed by atoms with E-state index in [1.54, 1.807) is 0 Å². The average Bonchev–Trinajstić information content (AvgIpc) is 2.35. The van der Waals surface area contributed by atoms with Gasteiger partial charge in [0, 0.05) is 5.92 Å². The van der Waals surface area contributed by atoms with Gasteiger partial charge in [-0.3, -0.25) is 4.79 Å². The molecular formula is C15H27NO3. The van der Waals surface area contributed by atoms with Crippen LogP contribution >= 0.6 is 0 Å². The van der Waals surface area contributed by atoms with Gasteiger partial charge < -0.3 is 10.4 Å². The van der Waals surface area contributed by atoms with Crippen molar-refractivity contribution >= 4 is 11.9 Å². The molecule has 0 radical (unpaired) electrons. The van der Waals surface area contributed by atoms with E-state index in [-0.39, 0.29) is 17.7 Å². The van der Waals surface area contributed by atoms with Crippen molar-refractivity contribution in [1.29, 1.82) is 0 Å². The topological polar surface area (TPSA) is 66.4 Å². The second-order valence-corrected chi connectivity index (χ2v) is 6.21. The van der Waals surface area contributed by atoms with E-state index in [4.69, 9.17) is 5.11 Å². The summed E-state index contributed by atoms with van der Waals surface area (Å²) < 4.78 is 0. The molecule has 1 aliphatic rings. The van der Waals surface area contributed by atoms with Gasteiger partial charge in [0.05, 0.1) is 0 Å². The Balaban J connectivity index is 2.44. The van der Waals surface area contributed by atoms with E-state index in [0.717, 1.165) is 6.42 Å². The third kappa shape index (κ3) is 5.21. The Morgan fingerprint density at radius 1 is 1.16 bits per heavy atom. The Labute approximate surface area is 116 Å². The van der Waals surface area contributed by atoms with Crippen LogP contribution in [0.15, 0.2) is 0 Å². The molecular weight excluding hydrogens is 242 g/mol. The maximum atomic E-state index is 12.1. The normalized spacial score (nSPS) is 20.0. The minimum absolute atomic E-state index is 0.0938. The number of nitrogens with one attached hydrogen (secondary N) is 1. The van der Waals surface area contributed by atoms with E-state index < -0.39 is 12.0 Å². The molecule has 0 aliphatic heterocycles. The van der Waals surface area contributed by atoms with Crippen molar-refractivity contribution in [2.75, 3.05) is 0 Å². The lowest BCUT2D eigenvalue weighted by molar-refractivity contribution is -0.143. The second-order valence-electron chi connectivity index (χ2n) is 6.21. The Morgan fingerprint density at radius 2 is 1.74 bits per heavy atom. The quantitative estimate of drug-likeness (QED) is 0.779. The van der Waals surface area contributed by atoms with Crippen LogP contribution in [0.4, 0.5) is 0 Å². The second kappa shape index (κ2) is 7.51. The highest BCUT2D eigenvalue weighted by molar-refractivity contribution is 5.84. The van der Waals surface area contributed by atoms with Crippen molar-refractivity contribution in [2.45, 2.75) is 65.3 Å². The molecule has 1 amide bonds. The van der Waals surface area contributed by atoms with E-state index >= 15 is 0 Å². The van der Waals surface area contributed by atoms with Gasteiger partial charge in [-0.15, -0.1) is 0 Å². The lowest BCUT2D eigenvalue weighted by atomic mass is 9.83. The van der Waals surface area contributed by atoms with Gasteiger partial charge in [0.15, 0.2) is 0 Å². The number of hydrogen-bond acceptors (Lipinski definition) is 2. The number of carbonyl (C=O) groups is 2. The number of rotatable bonds is 6. The van der Waals surface area contributed by atoms with E-state index in [1.807, 2.05) is 20.8 Å². The summed E-state index contributed by atoms with van der Waals surface area (Å²) in [4.78, 5) is 23.1. The molecule has 0 bridgehead atoms. The van der Waals surface area contributed by atoms with Crippen LogP contribution in [0.3, 0.4) is 0 Å². The van der Waals surface area contributed by atoms with Crippen LogP contribution < -0.4 is 5.32 Å². The molecule has 1 aliphatic carbocycles. The zero-order chi connectivity index (χ0) is 14.4. The van der Waals surface area contributed by atoms with Crippen LogP contribution in [-0.2, 0) is 9.59 Å². The van der Waals surface area contributed by atoms with Gasteiger partial charge in [0.1, 0.15) is 6.04 Å². The lowest BCUT2D eigenvalue weighted by Crippen LogP contribution is -2.46. The molecule has 0 spiro atoms. The van der Waals surface area contributed by atoms with E-state index in [1.165, 1.54) is 32.1 Å². The number of carboxylic acid groups (broad SMARTS) is 1. The lowest BCUT2D eigenvalue weighted by Gasteiger charge is -2.25. The van der Waals surface area contributed by atoms with Crippen molar-refractivity contribution in [3.05, 3.63) is 0 Å². The smallest absolute Gasteiger partial charge is 0.326 e. The van der Waals surface area contributed by atoms with Gasteiger partial charge in [-0.1, -0.05) is 52.9 Å². The summed E-state index contributed by atoms with van der Waals surface area (Å²) in [7, 11) is 0. The number of aliphatic carboxylic acids is 1. The molecule has 0 saturated heterocycles. The largest absolute Gasteiger partial charge is 0.480 e. The van der Waals surface area contributed by atoms with Crippen LogP contribution in [0.5, 0.6) is 0 Å². The van der Waals surface area contributed by atoms with Crippen molar-refractivity contribution in [3.63, 3.8) is 0 Å². The number of carbonyl (C=O) groups excluding carboxylic acids is 1. The van der Waals surface area contributed by atoms with Gasteiger partial charge in [-0.05, 0) is 18.3 Å². The Bertz CT molecular complexity index is 309. The molecule has 1 unspecified atom stereocenters. The molecule has 0 aromatic rings. The summed E-state index contributed by atoms with van der Waals surface area (Å²) in [5.74, 6) is -0.622. The molecule has 1 rings (SSSR count). The molecule has 110 valence electrons. The van der Waals surface area contributed by atoms with E-state index in [2.05, 4.69) is 5.32 Å². The Kier molecular flexibility index (Phi) is 6.32. The van der Waals surface area contributed by atoms with Crippen LogP contribution in [0.2, 0.25) is 0 Å². The summed E-state index contributed by atoms with van der Waals surface area (Å²) in [6.07, 6.45) is 7.15. The highest BCUT2D eigenvalue weighted by Gasteiger charge is 2.27. The fourth-order valence-electron chi connectivity index (χ4n) is 2.84. The highest BCUT2D eigenvalue weighted by atomic mass is 16.4. The molecule has 0 heterocycles. The summed E-state index contributed by atoms with van der Waals surface area (Å²) in [5, 5.41) is 11.7. The van der Waals surface area contributed by atoms with E-state index in [0.29, 0.717) is 5.92 Å². The van der Waals surface area contributed by atoms with Crippen LogP contribution in [-0.4, -0.2) is 23.0 Å². The monoisotopic (exact) mass is 269 g/mol. The predicted octanol–water partition coefficient (Wildman–Crippen LogP) is 2.82. The van der Waals surface area contributed by atoms with Gasteiger partial charge in [-0.25, -0.2) is 4.79 Å². The molecule has 0 aromatic heterocycles. The number of amides is 1. The number of hydrogen-bond donors (Lipinski definition) is 2. The first-order valence-corrected chi connectivity index (χ1v) is 7.45. The van der Waals surface area contributed by atoms with Crippen molar-refractivity contribution in [3.8, 4) is 0 Å². The van der Waals surface area contributed by atoms with Gasteiger partial charge in [0.2, 0.25) is 5.91 Å². The van der Waals surface area contributed by atoms with Gasteiger partial charge >= 0.3 is 5.97 Å². The Hall–Kier alpha value is -1.06. The minimum atomic E-state index is -0.951. The minimum Gasteiger partial charge on any atom is -0.480 e. The molecule has 1 saturated carbocycles. The standard InChI is InChI=1S/C15H27NO3/c1-10(2)13(15(18)19)16-14(17)11(3)9-12-7-5-4-6-8-12/h10-13H,4-9H2,1-3H3,(H,16,17)(H,18,19)/t11?,13-/m0/s1. The van der Waals surface area contributed by atoms with Crippen LogP contribution in [0.1, 0.15) is 59.3 Å². The van der Waals surface area contributed by atoms with Crippen LogP contribution in [0, 0.1) is 17.8 Å². The van der Waals surface area contributed by atoms with Gasteiger partial charge in [0.25, 0.3) is 0 Å². The molecule has 4 heteroatoms. The maximum absolute atomic E-state index is 12.1. The third-order valence-electron chi connectivity index (χ3n) is 4.09. The predicted molar refractivity (Wildman–Crippen MR) is 74.8 cm³/mol. The fourth-order valence-corrected chi connectivity index (χ4v) is 2.84. The average molecular weight is 269 g/mol. The zero-order valence-corrected chi connectivity index (χ0v) is 12.3. The molecule has 4 nitrogen and oxygen atoms in total. The molecule has 2 N–H and O–H groups in total. The zero-order valence-electron chi connectivity index (χ0n) is 12.3. The summed E-state index contributed by atoms with van der Waals surface area (Å²) in [6.45, 7) is 5.53. The summed E-state index contributed by atoms with van der Waals surface area (Å²) in [6, 6.07) is -0.777. The molecule has 1 fully saturated rings. The first kappa shape index (κ1) is 16.0. The summed E-state index contributed by atoms with van der Waals surface area (Å²) in [5.41, 5.74) is 0. The number of carboxylic acids is 1. The van der Waals surface area contributed by atoms with Gasteiger partial charge in [-0.2, -0.15) is 0 Å².